The summed E-state index contributed by atoms with van der Waals surface area (Å²) in [6.07, 6.45) is 1.83. The van der Waals surface area contributed by atoms with Gasteiger partial charge in [0.05, 0.1) is 29.2 Å². The molecule has 0 fully saturated rings. The van der Waals surface area contributed by atoms with E-state index in [-0.39, 0.29) is 0 Å². The number of ether oxygens (including phenoxy) is 1. The summed E-state index contributed by atoms with van der Waals surface area (Å²) >= 11 is 0. The van der Waals surface area contributed by atoms with Crippen LogP contribution in [0.25, 0.3) is 10.9 Å². The first-order valence-corrected chi connectivity index (χ1v) is 12.8. The van der Waals surface area contributed by atoms with Crippen LogP contribution in [-0.2, 0) is 18.0 Å². The molecule has 0 saturated heterocycles. The van der Waals surface area contributed by atoms with Gasteiger partial charge >= 0.3 is 0 Å². The highest BCUT2D eigenvalue weighted by Crippen LogP contribution is 2.27. The highest BCUT2D eigenvalue weighted by molar-refractivity contribution is 6.76. The van der Waals surface area contributed by atoms with E-state index in [4.69, 9.17) is 14.8 Å². The predicted octanol–water partition coefficient (Wildman–Crippen LogP) is 4.09. The molecule has 134 valence electrons. The van der Waals surface area contributed by atoms with Crippen molar-refractivity contribution in [2.45, 2.75) is 39.0 Å². The number of hydrogen-bond acceptors (Lipinski definition) is 4. The van der Waals surface area contributed by atoms with E-state index < -0.39 is 8.07 Å². The van der Waals surface area contributed by atoms with Gasteiger partial charge in [0.15, 0.2) is 0 Å². The smallest absolute Gasteiger partial charge is 0.140 e. The van der Waals surface area contributed by atoms with Crippen molar-refractivity contribution < 1.29 is 4.74 Å². The number of nitrogens with zero attached hydrogens (tertiary/aromatic N) is 4. The van der Waals surface area contributed by atoms with Crippen LogP contribution in [-0.4, -0.2) is 35.2 Å². The van der Waals surface area contributed by atoms with Crippen molar-refractivity contribution in [3.05, 3.63) is 59.5 Å². The molecule has 0 aliphatic carbocycles. The molecule has 4 rings (SSSR count). The van der Waals surface area contributed by atoms with Crippen LogP contribution >= 0.6 is 0 Å². The maximum atomic E-state index is 5.98. The lowest BCUT2D eigenvalue weighted by Crippen LogP contribution is -2.22. The molecule has 1 aromatic carbocycles. The summed E-state index contributed by atoms with van der Waals surface area (Å²) in [5.74, 6) is 0. The minimum atomic E-state index is -1.10. The first-order valence-electron chi connectivity index (χ1n) is 9.05. The van der Waals surface area contributed by atoms with Gasteiger partial charge in [-0.05, 0) is 24.2 Å². The Kier molecular flexibility index (Phi) is 4.46. The molecule has 0 radical (unpaired) electrons. The van der Waals surface area contributed by atoms with Crippen LogP contribution < -0.4 is 0 Å². The minimum absolute atomic E-state index is 0.448. The van der Waals surface area contributed by atoms with Crippen LogP contribution in [0, 0.1) is 0 Å². The molecule has 2 aromatic heterocycles. The minimum Gasteiger partial charge on any atom is -0.360 e. The number of pyridine rings is 1. The summed E-state index contributed by atoms with van der Waals surface area (Å²) in [5.41, 5.74) is 5.09. The summed E-state index contributed by atoms with van der Waals surface area (Å²) in [6.45, 7) is 8.93. The Hall–Kier alpha value is -2.31. The third kappa shape index (κ3) is 3.34. The third-order valence-electron chi connectivity index (χ3n) is 4.61. The molecule has 1 aliphatic rings. The van der Waals surface area contributed by atoms with Crippen LogP contribution in [0.1, 0.15) is 17.0 Å². The summed E-state index contributed by atoms with van der Waals surface area (Å²) in [7, 11) is -1.10. The van der Waals surface area contributed by atoms with E-state index in [1.807, 2.05) is 35.1 Å². The fourth-order valence-electron chi connectivity index (χ4n) is 3.17. The van der Waals surface area contributed by atoms with Crippen molar-refractivity contribution in [3.63, 3.8) is 0 Å². The molecule has 0 atom stereocenters. The average molecular weight is 365 g/mol. The third-order valence-corrected chi connectivity index (χ3v) is 6.32. The zero-order chi connectivity index (χ0) is 18.1. The molecule has 0 amide bonds. The van der Waals surface area contributed by atoms with Crippen LogP contribution in [0.15, 0.2) is 47.6 Å². The quantitative estimate of drug-likeness (QED) is 0.489. The summed E-state index contributed by atoms with van der Waals surface area (Å²) in [5, 5.41) is 5.87. The van der Waals surface area contributed by atoms with Gasteiger partial charge in [0.2, 0.25) is 0 Å². The van der Waals surface area contributed by atoms with E-state index in [1.54, 1.807) is 0 Å². The number of aromatic nitrogens is 3. The second kappa shape index (κ2) is 6.77. The van der Waals surface area contributed by atoms with E-state index >= 15 is 0 Å². The molecule has 3 aromatic rings. The SMILES string of the molecule is C[Si](C)(C)CCOCn1nc2ccccc2c1C1=NCc2ncccc21. The van der Waals surface area contributed by atoms with E-state index in [0.29, 0.717) is 13.3 Å². The number of benzene rings is 1. The standard InChI is InChI=1S/C20H24N4OSi/c1-26(2,3)12-11-25-14-24-20(16-7-4-5-9-17(16)23-24)19-15-8-6-10-21-18(15)13-22-19/h4-10H,11-14H2,1-3H3. The Morgan fingerprint density at radius 3 is 2.81 bits per heavy atom. The zero-order valence-corrected chi connectivity index (χ0v) is 16.6. The van der Waals surface area contributed by atoms with Gasteiger partial charge in [0.25, 0.3) is 0 Å². The molecule has 26 heavy (non-hydrogen) atoms. The maximum absolute atomic E-state index is 5.98. The van der Waals surface area contributed by atoms with E-state index in [1.165, 1.54) is 0 Å². The molecule has 5 nitrogen and oxygen atoms in total. The van der Waals surface area contributed by atoms with Gasteiger partial charge in [-0.2, -0.15) is 5.10 Å². The Morgan fingerprint density at radius 1 is 1.12 bits per heavy atom. The van der Waals surface area contributed by atoms with Crippen molar-refractivity contribution in [1.82, 2.24) is 14.8 Å². The lowest BCUT2D eigenvalue weighted by Gasteiger charge is -2.16. The normalized spacial score (nSPS) is 13.9. The summed E-state index contributed by atoms with van der Waals surface area (Å²) < 4.78 is 7.93. The first kappa shape index (κ1) is 17.1. The Labute approximate surface area is 154 Å². The first-order chi connectivity index (χ1) is 12.5. The van der Waals surface area contributed by atoms with E-state index in [2.05, 4.69) is 36.8 Å². The number of aliphatic imine (C=N–C) groups is 1. The highest BCUT2D eigenvalue weighted by atomic mass is 28.3. The van der Waals surface area contributed by atoms with Gasteiger partial charge < -0.3 is 4.74 Å². The molecule has 0 spiro atoms. The number of fused-ring (bicyclic) bond motifs is 2. The molecular weight excluding hydrogens is 340 g/mol. The molecule has 0 saturated carbocycles. The van der Waals surface area contributed by atoms with Gasteiger partial charge in [-0.15, -0.1) is 0 Å². The lowest BCUT2D eigenvalue weighted by atomic mass is 10.0. The van der Waals surface area contributed by atoms with Crippen molar-refractivity contribution in [1.29, 1.82) is 0 Å². The van der Waals surface area contributed by atoms with Crippen molar-refractivity contribution >= 4 is 24.7 Å². The fraction of sp³-hybridized carbons (Fsp3) is 0.350. The van der Waals surface area contributed by atoms with Crippen molar-refractivity contribution in [3.8, 4) is 0 Å². The second-order valence-electron chi connectivity index (χ2n) is 7.88. The Morgan fingerprint density at radius 2 is 1.96 bits per heavy atom. The van der Waals surface area contributed by atoms with Crippen LogP contribution in [0.3, 0.4) is 0 Å². The van der Waals surface area contributed by atoms with Gasteiger partial charge in [0.1, 0.15) is 6.73 Å². The van der Waals surface area contributed by atoms with Crippen LogP contribution in [0.5, 0.6) is 0 Å². The largest absolute Gasteiger partial charge is 0.360 e. The predicted molar refractivity (Wildman–Crippen MR) is 107 cm³/mol. The van der Waals surface area contributed by atoms with E-state index in [0.717, 1.165) is 46.2 Å². The zero-order valence-electron chi connectivity index (χ0n) is 15.6. The highest BCUT2D eigenvalue weighted by Gasteiger charge is 2.24. The van der Waals surface area contributed by atoms with Crippen LogP contribution in [0.2, 0.25) is 25.7 Å². The average Bonchev–Trinajstić information content (AvgIpc) is 3.18. The van der Waals surface area contributed by atoms with E-state index in [9.17, 15) is 0 Å². The van der Waals surface area contributed by atoms with Gasteiger partial charge in [-0.25, -0.2) is 4.68 Å². The summed E-state index contributed by atoms with van der Waals surface area (Å²) in [6, 6.07) is 13.4. The Bertz CT molecular complexity index is 971. The summed E-state index contributed by atoms with van der Waals surface area (Å²) in [4.78, 5) is 9.23. The molecule has 1 aliphatic heterocycles. The van der Waals surface area contributed by atoms with Gasteiger partial charge in [-0.3, -0.25) is 9.98 Å². The Balaban J connectivity index is 1.67. The molecular formula is C20H24N4OSi. The van der Waals surface area contributed by atoms with Crippen molar-refractivity contribution in [2.24, 2.45) is 4.99 Å². The van der Waals surface area contributed by atoms with Gasteiger partial charge in [-0.1, -0.05) is 37.8 Å². The molecule has 6 heteroatoms. The monoisotopic (exact) mass is 364 g/mol. The topological polar surface area (TPSA) is 52.3 Å². The molecule has 3 heterocycles. The number of hydrogen-bond donors (Lipinski definition) is 0. The number of rotatable bonds is 6. The van der Waals surface area contributed by atoms with Crippen LogP contribution in [0.4, 0.5) is 0 Å². The fourth-order valence-corrected chi connectivity index (χ4v) is 3.93. The van der Waals surface area contributed by atoms with Gasteiger partial charge in [0, 0.05) is 31.8 Å². The second-order valence-corrected chi connectivity index (χ2v) is 13.5. The molecule has 0 bridgehead atoms. The molecule has 0 N–H and O–H groups in total. The lowest BCUT2D eigenvalue weighted by molar-refractivity contribution is 0.0787. The van der Waals surface area contributed by atoms with Crippen molar-refractivity contribution in [2.75, 3.05) is 6.61 Å². The maximum Gasteiger partial charge on any atom is 0.140 e. The molecule has 0 unspecified atom stereocenters.